The first kappa shape index (κ1) is 16.9. The Morgan fingerprint density at radius 1 is 1.33 bits per heavy atom. The predicted molar refractivity (Wildman–Crippen MR) is 81.7 cm³/mol. The molecule has 1 aromatic rings. The summed E-state index contributed by atoms with van der Waals surface area (Å²) in [5.41, 5.74) is 0. The standard InChI is InChI=1S/C13H24N6O2/c1-6-7-21-13-17-11(15-4)16-12(18-13)19(5)8-9(2)10(20)14-3/h9H,6-8H2,1-5H3,(H,14,20)(H,15,16,17,18). The maximum atomic E-state index is 11.6. The van der Waals surface area contributed by atoms with E-state index in [1.165, 1.54) is 0 Å². The van der Waals surface area contributed by atoms with Crippen molar-refractivity contribution in [2.45, 2.75) is 20.3 Å². The second kappa shape index (κ2) is 8.23. The van der Waals surface area contributed by atoms with E-state index in [1.54, 1.807) is 19.0 Å². The fraction of sp³-hybridized carbons (Fsp3) is 0.692. The molecule has 0 bridgehead atoms. The molecule has 8 heteroatoms. The number of carbonyl (C=O) groups is 1. The lowest BCUT2D eigenvalue weighted by Gasteiger charge is -2.21. The van der Waals surface area contributed by atoms with Crippen LogP contribution in [0.1, 0.15) is 20.3 Å². The minimum absolute atomic E-state index is 0.0211. The molecule has 1 aromatic heterocycles. The van der Waals surface area contributed by atoms with Gasteiger partial charge in [-0.25, -0.2) is 0 Å². The maximum Gasteiger partial charge on any atom is 0.323 e. The van der Waals surface area contributed by atoms with E-state index in [2.05, 4.69) is 25.6 Å². The Labute approximate surface area is 125 Å². The van der Waals surface area contributed by atoms with Crippen molar-refractivity contribution in [2.24, 2.45) is 5.92 Å². The highest BCUT2D eigenvalue weighted by Crippen LogP contribution is 2.15. The Hall–Kier alpha value is -2.12. The molecule has 0 spiro atoms. The van der Waals surface area contributed by atoms with E-state index in [0.717, 1.165) is 6.42 Å². The van der Waals surface area contributed by atoms with Gasteiger partial charge >= 0.3 is 6.01 Å². The zero-order valence-corrected chi connectivity index (χ0v) is 13.3. The molecule has 0 radical (unpaired) electrons. The first-order valence-electron chi connectivity index (χ1n) is 7.01. The molecule has 1 rings (SSSR count). The van der Waals surface area contributed by atoms with Gasteiger partial charge in [0.25, 0.3) is 0 Å². The third-order valence-electron chi connectivity index (χ3n) is 2.85. The number of anilines is 2. The lowest BCUT2D eigenvalue weighted by Crippen LogP contribution is -2.35. The van der Waals surface area contributed by atoms with Gasteiger partial charge in [0.15, 0.2) is 0 Å². The van der Waals surface area contributed by atoms with Gasteiger partial charge in [-0.3, -0.25) is 4.79 Å². The first-order valence-corrected chi connectivity index (χ1v) is 7.01. The van der Waals surface area contributed by atoms with E-state index in [4.69, 9.17) is 4.74 Å². The van der Waals surface area contributed by atoms with Gasteiger partial charge < -0.3 is 20.3 Å². The van der Waals surface area contributed by atoms with Gasteiger partial charge in [0, 0.05) is 27.7 Å². The first-order chi connectivity index (χ1) is 10.0. The highest BCUT2D eigenvalue weighted by Gasteiger charge is 2.17. The Balaban J connectivity index is 2.86. The smallest absolute Gasteiger partial charge is 0.323 e. The number of amides is 1. The summed E-state index contributed by atoms with van der Waals surface area (Å²) in [6, 6.07) is 0.283. The van der Waals surface area contributed by atoms with E-state index in [0.29, 0.717) is 25.0 Å². The van der Waals surface area contributed by atoms with Crippen molar-refractivity contribution >= 4 is 17.8 Å². The molecule has 0 saturated carbocycles. The van der Waals surface area contributed by atoms with E-state index >= 15 is 0 Å². The second-order valence-corrected chi connectivity index (χ2v) is 4.74. The van der Waals surface area contributed by atoms with Crippen molar-refractivity contribution in [2.75, 3.05) is 44.5 Å². The Kier molecular flexibility index (Phi) is 6.64. The number of nitrogens with one attached hydrogen (secondary N) is 2. The van der Waals surface area contributed by atoms with Crippen LogP contribution in [0.2, 0.25) is 0 Å². The van der Waals surface area contributed by atoms with Crippen molar-refractivity contribution in [3.05, 3.63) is 0 Å². The summed E-state index contributed by atoms with van der Waals surface area (Å²) in [6.07, 6.45) is 0.874. The van der Waals surface area contributed by atoms with Crippen molar-refractivity contribution in [1.29, 1.82) is 0 Å². The van der Waals surface area contributed by atoms with Crippen LogP contribution in [-0.2, 0) is 4.79 Å². The van der Waals surface area contributed by atoms with Crippen LogP contribution in [0, 0.1) is 5.92 Å². The normalized spacial score (nSPS) is 11.7. The number of ether oxygens (including phenoxy) is 1. The van der Waals surface area contributed by atoms with Gasteiger partial charge in [0.05, 0.1) is 12.5 Å². The van der Waals surface area contributed by atoms with Crippen molar-refractivity contribution in [1.82, 2.24) is 20.3 Å². The van der Waals surface area contributed by atoms with Crippen molar-refractivity contribution in [3.63, 3.8) is 0 Å². The fourth-order valence-corrected chi connectivity index (χ4v) is 1.71. The summed E-state index contributed by atoms with van der Waals surface area (Å²) in [4.78, 5) is 26.1. The van der Waals surface area contributed by atoms with Gasteiger partial charge in [-0.05, 0) is 6.42 Å². The molecular weight excluding hydrogens is 272 g/mol. The number of aromatic nitrogens is 3. The Morgan fingerprint density at radius 2 is 2.05 bits per heavy atom. The zero-order valence-electron chi connectivity index (χ0n) is 13.3. The molecule has 118 valence electrons. The minimum Gasteiger partial charge on any atom is -0.463 e. The molecular formula is C13H24N6O2. The van der Waals surface area contributed by atoms with Gasteiger partial charge in [0.1, 0.15) is 0 Å². The van der Waals surface area contributed by atoms with Crippen LogP contribution in [0.4, 0.5) is 11.9 Å². The quantitative estimate of drug-likeness (QED) is 0.722. The third kappa shape index (κ3) is 5.05. The summed E-state index contributed by atoms with van der Waals surface area (Å²) >= 11 is 0. The van der Waals surface area contributed by atoms with Crippen LogP contribution in [0.15, 0.2) is 0 Å². The molecule has 2 N–H and O–H groups in total. The molecule has 0 saturated heterocycles. The van der Waals surface area contributed by atoms with E-state index in [-0.39, 0.29) is 17.8 Å². The van der Waals surface area contributed by atoms with Crippen molar-refractivity contribution < 1.29 is 9.53 Å². The highest BCUT2D eigenvalue weighted by atomic mass is 16.5. The molecule has 0 aliphatic heterocycles. The van der Waals surface area contributed by atoms with Crippen molar-refractivity contribution in [3.8, 4) is 6.01 Å². The number of nitrogens with zero attached hydrogens (tertiary/aromatic N) is 4. The molecule has 0 aliphatic rings. The topological polar surface area (TPSA) is 92.3 Å². The average Bonchev–Trinajstić information content (AvgIpc) is 2.51. The van der Waals surface area contributed by atoms with Crippen LogP contribution < -0.4 is 20.3 Å². The van der Waals surface area contributed by atoms with Crippen LogP contribution in [0.5, 0.6) is 6.01 Å². The summed E-state index contributed by atoms with van der Waals surface area (Å²) in [6.45, 7) is 4.91. The fourth-order valence-electron chi connectivity index (χ4n) is 1.71. The minimum atomic E-state index is -0.171. The molecule has 8 nitrogen and oxygen atoms in total. The van der Waals surface area contributed by atoms with E-state index < -0.39 is 0 Å². The Bertz CT molecular complexity index is 468. The molecule has 1 atom stereocenters. The van der Waals surface area contributed by atoms with Crippen LogP contribution in [0.3, 0.4) is 0 Å². The van der Waals surface area contributed by atoms with Gasteiger partial charge in [-0.2, -0.15) is 15.0 Å². The monoisotopic (exact) mass is 296 g/mol. The maximum absolute atomic E-state index is 11.6. The van der Waals surface area contributed by atoms with Gasteiger partial charge in [0.2, 0.25) is 17.8 Å². The van der Waals surface area contributed by atoms with Gasteiger partial charge in [-0.1, -0.05) is 13.8 Å². The summed E-state index contributed by atoms with van der Waals surface area (Å²) in [7, 11) is 5.19. The zero-order chi connectivity index (χ0) is 15.8. The lowest BCUT2D eigenvalue weighted by molar-refractivity contribution is -0.123. The highest BCUT2D eigenvalue weighted by molar-refractivity contribution is 5.78. The predicted octanol–water partition coefficient (Wildman–Crippen LogP) is 0.520. The molecule has 21 heavy (non-hydrogen) atoms. The Morgan fingerprint density at radius 3 is 2.62 bits per heavy atom. The molecule has 0 fully saturated rings. The van der Waals surface area contributed by atoms with Crippen LogP contribution >= 0.6 is 0 Å². The average molecular weight is 296 g/mol. The van der Waals surface area contributed by atoms with Gasteiger partial charge in [-0.15, -0.1) is 0 Å². The lowest BCUT2D eigenvalue weighted by atomic mass is 10.1. The van der Waals surface area contributed by atoms with Crippen LogP contribution in [0.25, 0.3) is 0 Å². The molecule has 1 amide bonds. The van der Waals surface area contributed by atoms with E-state index in [9.17, 15) is 4.79 Å². The SMILES string of the molecule is CCCOc1nc(NC)nc(N(C)CC(C)C(=O)NC)n1. The molecule has 0 aromatic carbocycles. The summed E-state index contributed by atoms with van der Waals surface area (Å²) in [5, 5.41) is 5.51. The molecule has 1 heterocycles. The molecule has 0 aliphatic carbocycles. The number of rotatable bonds is 8. The van der Waals surface area contributed by atoms with E-state index in [1.807, 2.05) is 20.9 Å². The number of hydrogen-bond donors (Lipinski definition) is 2. The largest absolute Gasteiger partial charge is 0.463 e. The summed E-state index contributed by atoms with van der Waals surface area (Å²) in [5.74, 6) is 0.712. The number of carbonyl (C=O) groups excluding carboxylic acids is 1. The summed E-state index contributed by atoms with van der Waals surface area (Å²) < 4.78 is 5.45. The molecule has 1 unspecified atom stereocenters. The van der Waals surface area contributed by atoms with Crippen LogP contribution in [-0.4, -0.2) is 55.2 Å². The number of hydrogen-bond acceptors (Lipinski definition) is 7. The second-order valence-electron chi connectivity index (χ2n) is 4.74. The third-order valence-corrected chi connectivity index (χ3v) is 2.85.